The molecule has 0 aliphatic carbocycles. The first kappa shape index (κ1) is 22.9. The lowest BCUT2D eigenvalue weighted by atomic mass is 10.1. The number of hydrogen-bond donors (Lipinski definition) is 2. The van der Waals surface area contributed by atoms with Crippen molar-refractivity contribution in [2.45, 2.75) is 27.7 Å². The maximum Gasteiger partial charge on any atom is 0.266 e. The number of aromatic nitrogens is 1. The highest BCUT2D eigenvalue weighted by Gasteiger charge is 2.14. The quantitative estimate of drug-likeness (QED) is 0.397. The Kier molecular flexibility index (Phi) is 6.82. The molecule has 2 amide bonds. The molecule has 0 spiro atoms. The number of anilines is 2. The lowest BCUT2D eigenvalue weighted by Gasteiger charge is -2.11. The van der Waals surface area contributed by atoms with Gasteiger partial charge < -0.3 is 15.2 Å². The summed E-state index contributed by atoms with van der Waals surface area (Å²) in [6.07, 6.45) is 1.58. The molecule has 0 unspecified atom stereocenters. The zero-order valence-electron chi connectivity index (χ0n) is 18.3. The molecule has 1 aromatic heterocycles. The predicted molar refractivity (Wildman–Crippen MR) is 128 cm³/mol. The number of hydrogen-bond acceptors (Lipinski definition) is 3. The van der Waals surface area contributed by atoms with Crippen molar-refractivity contribution in [3.63, 3.8) is 0 Å². The largest absolute Gasteiger partial charge is 0.326 e. The van der Waals surface area contributed by atoms with Crippen LogP contribution >= 0.6 is 11.6 Å². The third kappa shape index (κ3) is 5.08. The number of carbonyl (C=O) groups is 2. The molecule has 0 fully saturated rings. The number of nitrogens with one attached hydrogen (secondary N) is 2. The summed E-state index contributed by atoms with van der Waals surface area (Å²) in [6.45, 7) is 7.21. The van der Waals surface area contributed by atoms with Crippen LogP contribution in [-0.2, 0) is 9.59 Å². The average Bonchev–Trinajstić information content (AvgIpc) is 3.02. The van der Waals surface area contributed by atoms with Gasteiger partial charge in [-0.05, 0) is 80.4 Å². The molecule has 0 aliphatic heterocycles. The molecule has 3 rings (SSSR count). The molecule has 162 valence electrons. The van der Waals surface area contributed by atoms with Gasteiger partial charge >= 0.3 is 0 Å². The zero-order chi connectivity index (χ0) is 23.4. The van der Waals surface area contributed by atoms with E-state index in [2.05, 4.69) is 10.6 Å². The molecule has 0 bridgehead atoms. The molecule has 7 heteroatoms. The van der Waals surface area contributed by atoms with Gasteiger partial charge in [-0.1, -0.05) is 17.7 Å². The van der Waals surface area contributed by atoms with Gasteiger partial charge in [-0.25, -0.2) is 0 Å². The molecule has 0 radical (unpaired) electrons. The number of rotatable bonds is 5. The smallest absolute Gasteiger partial charge is 0.266 e. The van der Waals surface area contributed by atoms with Crippen molar-refractivity contribution in [1.29, 1.82) is 5.26 Å². The molecule has 32 heavy (non-hydrogen) atoms. The van der Waals surface area contributed by atoms with Crippen molar-refractivity contribution in [1.82, 2.24) is 4.57 Å². The Morgan fingerprint density at radius 1 is 1.00 bits per heavy atom. The number of nitrogens with zero attached hydrogens (tertiary/aromatic N) is 2. The van der Waals surface area contributed by atoms with Gasteiger partial charge in [0.05, 0.1) is 0 Å². The van der Waals surface area contributed by atoms with Crippen LogP contribution in [0.15, 0.2) is 54.1 Å². The first-order chi connectivity index (χ1) is 15.2. The Morgan fingerprint density at radius 3 is 2.25 bits per heavy atom. The summed E-state index contributed by atoms with van der Waals surface area (Å²) >= 11 is 6.12. The third-order valence-corrected chi connectivity index (χ3v) is 5.42. The summed E-state index contributed by atoms with van der Waals surface area (Å²) in [5.74, 6) is -0.634. The van der Waals surface area contributed by atoms with Crippen LogP contribution in [-0.4, -0.2) is 16.4 Å². The van der Waals surface area contributed by atoms with E-state index in [1.807, 2.05) is 61.7 Å². The Balaban J connectivity index is 1.88. The monoisotopic (exact) mass is 446 g/mol. The molecule has 3 aromatic rings. The maximum atomic E-state index is 12.7. The van der Waals surface area contributed by atoms with Crippen LogP contribution in [0.5, 0.6) is 0 Å². The molecule has 0 aliphatic rings. The highest BCUT2D eigenvalue weighted by molar-refractivity contribution is 6.31. The fourth-order valence-electron chi connectivity index (χ4n) is 3.40. The molecular formula is C25H23ClN4O2. The fourth-order valence-corrected chi connectivity index (χ4v) is 3.58. The van der Waals surface area contributed by atoms with E-state index < -0.39 is 5.91 Å². The minimum Gasteiger partial charge on any atom is -0.326 e. The fraction of sp³-hybridized carbons (Fsp3) is 0.160. The summed E-state index contributed by atoms with van der Waals surface area (Å²) in [7, 11) is 0. The standard InChI is InChI=1S/C25H23ClN4O2/c1-15-5-6-22(13-24(15)26)29-25(32)20(14-27)12-19-11-16(2)30(17(19)3)23-9-7-21(8-10-23)28-18(4)31/h5-13H,1-4H3,(H,28,31)(H,29,32)/b20-12-. The Hall–Kier alpha value is -3.82. The number of aryl methyl sites for hydroxylation is 2. The molecular weight excluding hydrogens is 424 g/mol. The van der Waals surface area contributed by atoms with Crippen molar-refractivity contribution in [2.24, 2.45) is 0 Å². The highest BCUT2D eigenvalue weighted by atomic mass is 35.5. The first-order valence-corrected chi connectivity index (χ1v) is 10.3. The first-order valence-electron chi connectivity index (χ1n) is 9.96. The van der Waals surface area contributed by atoms with Crippen LogP contribution in [0.1, 0.15) is 29.4 Å². The van der Waals surface area contributed by atoms with E-state index in [1.165, 1.54) is 6.92 Å². The van der Waals surface area contributed by atoms with Gasteiger partial charge in [0.1, 0.15) is 11.6 Å². The number of nitriles is 1. The minimum atomic E-state index is -0.503. The summed E-state index contributed by atoms with van der Waals surface area (Å²) in [5, 5.41) is 15.6. The second kappa shape index (κ2) is 9.54. The Labute approximate surface area is 192 Å². The van der Waals surface area contributed by atoms with Crippen molar-refractivity contribution in [3.8, 4) is 11.8 Å². The molecule has 2 N–H and O–H groups in total. The van der Waals surface area contributed by atoms with Gasteiger partial charge in [-0.3, -0.25) is 9.59 Å². The van der Waals surface area contributed by atoms with Crippen LogP contribution in [0.4, 0.5) is 11.4 Å². The average molecular weight is 447 g/mol. The van der Waals surface area contributed by atoms with Gasteiger partial charge in [-0.15, -0.1) is 0 Å². The van der Waals surface area contributed by atoms with E-state index in [0.29, 0.717) is 16.4 Å². The van der Waals surface area contributed by atoms with Gasteiger partial charge in [-0.2, -0.15) is 5.26 Å². The number of carbonyl (C=O) groups excluding carboxylic acids is 2. The molecule has 0 saturated heterocycles. The van der Waals surface area contributed by atoms with Crippen molar-refractivity contribution < 1.29 is 9.59 Å². The third-order valence-electron chi connectivity index (χ3n) is 5.01. The van der Waals surface area contributed by atoms with E-state index in [4.69, 9.17) is 11.6 Å². The highest BCUT2D eigenvalue weighted by Crippen LogP contribution is 2.25. The van der Waals surface area contributed by atoms with Crippen LogP contribution in [0.2, 0.25) is 5.02 Å². The van der Waals surface area contributed by atoms with Gasteiger partial charge in [0.15, 0.2) is 0 Å². The Bertz CT molecular complexity index is 1260. The molecule has 6 nitrogen and oxygen atoms in total. The second-order valence-electron chi connectivity index (χ2n) is 7.48. The zero-order valence-corrected chi connectivity index (χ0v) is 19.0. The van der Waals surface area contributed by atoms with E-state index in [0.717, 1.165) is 28.2 Å². The minimum absolute atomic E-state index is 0.0112. The predicted octanol–water partition coefficient (Wildman–Crippen LogP) is 5.56. The SMILES string of the molecule is CC(=O)Nc1ccc(-n2c(C)cc(/C=C(/C#N)C(=O)Nc3ccc(C)c(Cl)c3)c2C)cc1. The topological polar surface area (TPSA) is 86.9 Å². The van der Waals surface area contributed by atoms with Crippen LogP contribution in [0, 0.1) is 32.1 Å². The van der Waals surface area contributed by atoms with Crippen LogP contribution in [0.25, 0.3) is 11.8 Å². The van der Waals surface area contributed by atoms with Crippen LogP contribution in [0.3, 0.4) is 0 Å². The van der Waals surface area contributed by atoms with Gasteiger partial charge in [0.25, 0.3) is 5.91 Å². The van der Waals surface area contributed by atoms with E-state index in [-0.39, 0.29) is 11.5 Å². The van der Waals surface area contributed by atoms with Crippen LogP contribution < -0.4 is 10.6 Å². The second-order valence-corrected chi connectivity index (χ2v) is 7.89. The number of halogens is 1. The lowest BCUT2D eigenvalue weighted by molar-refractivity contribution is -0.114. The van der Waals surface area contributed by atoms with Crippen molar-refractivity contribution in [3.05, 3.63) is 81.6 Å². The normalized spacial score (nSPS) is 11.1. The van der Waals surface area contributed by atoms with Crippen molar-refractivity contribution >= 4 is 40.9 Å². The summed E-state index contributed by atoms with van der Waals surface area (Å²) in [6, 6.07) is 16.6. The van der Waals surface area contributed by atoms with Crippen molar-refractivity contribution in [2.75, 3.05) is 10.6 Å². The van der Waals surface area contributed by atoms with Gasteiger partial charge in [0.2, 0.25) is 5.91 Å². The summed E-state index contributed by atoms with van der Waals surface area (Å²) in [5.41, 5.74) is 5.63. The number of benzene rings is 2. The van der Waals surface area contributed by atoms with E-state index in [1.54, 1.807) is 24.3 Å². The van der Waals surface area contributed by atoms with Gasteiger partial charge in [0, 0.05) is 40.4 Å². The molecule has 2 aromatic carbocycles. The van der Waals surface area contributed by atoms with E-state index in [9.17, 15) is 14.9 Å². The molecule has 1 heterocycles. The summed E-state index contributed by atoms with van der Waals surface area (Å²) in [4.78, 5) is 23.9. The molecule has 0 atom stereocenters. The summed E-state index contributed by atoms with van der Waals surface area (Å²) < 4.78 is 2.02. The van der Waals surface area contributed by atoms with E-state index >= 15 is 0 Å². The Morgan fingerprint density at radius 2 is 1.66 bits per heavy atom. The molecule has 0 saturated carbocycles. The maximum absolute atomic E-state index is 12.7. The lowest BCUT2D eigenvalue weighted by Crippen LogP contribution is -2.13. The number of amides is 2.